The molecule has 0 radical (unpaired) electrons. The first-order valence-electron chi connectivity index (χ1n) is 8.68. The Morgan fingerprint density at radius 3 is 2.89 bits per heavy atom. The second kappa shape index (κ2) is 11.1. The molecule has 0 spiro atoms. The van der Waals surface area contributed by atoms with E-state index < -0.39 is 0 Å². The second-order valence-corrected chi connectivity index (χ2v) is 6.97. The van der Waals surface area contributed by atoms with E-state index in [1.165, 1.54) is 0 Å². The molecule has 144 valence electrons. The van der Waals surface area contributed by atoms with Gasteiger partial charge in [0.1, 0.15) is 5.03 Å². The first kappa shape index (κ1) is 21.4. The van der Waals surface area contributed by atoms with Crippen molar-refractivity contribution in [1.29, 1.82) is 0 Å². The Bertz CT molecular complexity index is 758. The first-order valence-corrected chi connectivity index (χ1v) is 9.67. The topological polar surface area (TPSA) is 68.5 Å². The minimum atomic E-state index is -0.0886. The van der Waals surface area contributed by atoms with Gasteiger partial charge in [-0.1, -0.05) is 42.5 Å². The number of halogens is 1. The summed E-state index contributed by atoms with van der Waals surface area (Å²) < 4.78 is 5.55. The van der Waals surface area contributed by atoms with Crippen LogP contribution in [-0.4, -0.2) is 53.9 Å². The van der Waals surface area contributed by atoms with Gasteiger partial charge in [0, 0.05) is 31.6 Å². The van der Waals surface area contributed by atoms with Gasteiger partial charge in [-0.25, -0.2) is 4.98 Å². The van der Waals surface area contributed by atoms with Gasteiger partial charge in [-0.3, -0.25) is 4.79 Å². The highest BCUT2D eigenvalue weighted by atomic mass is 35.5. The number of ether oxygens (including phenoxy) is 1. The molecule has 2 heterocycles. The van der Waals surface area contributed by atoms with Crippen molar-refractivity contribution >= 4 is 36.2 Å². The second-order valence-electron chi connectivity index (χ2n) is 5.96. The monoisotopic (exact) mass is 405 g/mol. The quantitative estimate of drug-likeness (QED) is 0.748. The van der Waals surface area contributed by atoms with Gasteiger partial charge in [0.25, 0.3) is 5.91 Å². The third-order valence-electron chi connectivity index (χ3n) is 4.12. The third kappa shape index (κ3) is 6.07. The van der Waals surface area contributed by atoms with Crippen LogP contribution < -0.4 is 5.73 Å². The van der Waals surface area contributed by atoms with E-state index in [1.54, 1.807) is 24.0 Å². The molecule has 1 unspecified atom stereocenters. The molecule has 0 bridgehead atoms. The maximum absolute atomic E-state index is 12.9. The molecule has 0 aliphatic carbocycles. The van der Waals surface area contributed by atoms with Gasteiger partial charge in [0.2, 0.25) is 0 Å². The lowest BCUT2D eigenvalue weighted by Crippen LogP contribution is -2.48. The number of morpholine rings is 1. The summed E-state index contributed by atoms with van der Waals surface area (Å²) in [4.78, 5) is 19.1. The molecule has 1 aliphatic heterocycles. The zero-order chi connectivity index (χ0) is 18.2. The lowest BCUT2D eigenvalue weighted by molar-refractivity contribution is -0.0169. The first-order chi connectivity index (χ1) is 12.8. The largest absolute Gasteiger partial charge is 0.373 e. The van der Waals surface area contributed by atoms with Crippen molar-refractivity contribution < 1.29 is 9.53 Å². The lowest BCUT2D eigenvalue weighted by Gasteiger charge is -2.32. The van der Waals surface area contributed by atoms with Crippen molar-refractivity contribution in [3.05, 3.63) is 65.9 Å². The molecule has 1 amide bonds. The fourth-order valence-electron chi connectivity index (χ4n) is 2.76. The van der Waals surface area contributed by atoms with E-state index in [9.17, 15) is 4.79 Å². The van der Waals surface area contributed by atoms with Gasteiger partial charge in [0.15, 0.2) is 0 Å². The van der Waals surface area contributed by atoms with E-state index in [0.717, 1.165) is 16.3 Å². The number of carbonyl (C=O) groups excluding carboxylic acids is 1. The summed E-state index contributed by atoms with van der Waals surface area (Å²) in [5, 5.41) is 0.756. The van der Waals surface area contributed by atoms with E-state index in [2.05, 4.69) is 29.3 Å². The zero-order valence-corrected chi connectivity index (χ0v) is 16.6. The molecular formula is C20H24ClN3O2S. The standard InChI is InChI=1S/C20H23N3O2S.ClH/c21-14-17-15-23(11-12-25-17)20(24)18-9-4-10-22-19(18)26-13-5-8-16-6-2-1-3-7-16;/h1-10,17H,11-15,21H2;1H/b8-5+;. The Morgan fingerprint density at radius 1 is 1.30 bits per heavy atom. The summed E-state index contributed by atoms with van der Waals surface area (Å²) in [6.07, 6.45) is 5.80. The van der Waals surface area contributed by atoms with E-state index in [-0.39, 0.29) is 24.4 Å². The number of benzene rings is 1. The fourth-order valence-corrected chi connectivity index (χ4v) is 3.56. The van der Waals surface area contributed by atoms with E-state index in [4.69, 9.17) is 10.5 Å². The highest BCUT2D eigenvalue weighted by Gasteiger charge is 2.25. The van der Waals surface area contributed by atoms with Gasteiger partial charge < -0.3 is 15.4 Å². The van der Waals surface area contributed by atoms with Crippen LogP contribution in [0.4, 0.5) is 0 Å². The zero-order valence-electron chi connectivity index (χ0n) is 15.0. The van der Waals surface area contributed by atoms with Crippen molar-refractivity contribution in [2.24, 2.45) is 5.73 Å². The van der Waals surface area contributed by atoms with Gasteiger partial charge in [-0.2, -0.15) is 0 Å². The van der Waals surface area contributed by atoms with Crippen LogP contribution in [0.1, 0.15) is 15.9 Å². The number of nitrogens with two attached hydrogens (primary N) is 1. The maximum atomic E-state index is 12.9. The molecule has 1 atom stereocenters. The molecule has 1 fully saturated rings. The molecule has 1 aromatic carbocycles. The molecule has 1 saturated heterocycles. The number of nitrogens with zero attached hydrogens (tertiary/aromatic N) is 2. The Morgan fingerprint density at radius 2 is 2.11 bits per heavy atom. The van der Waals surface area contributed by atoms with Gasteiger partial charge in [-0.15, -0.1) is 24.2 Å². The van der Waals surface area contributed by atoms with E-state index in [1.807, 2.05) is 29.2 Å². The third-order valence-corrected chi connectivity index (χ3v) is 5.07. The van der Waals surface area contributed by atoms with Crippen LogP contribution in [0.15, 0.2) is 59.8 Å². The maximum Gasteiger partial charge on any atom is 0.256 e. The highest BCUT2D eigenvalue weighted by molar-refractivity contribution is 7.99. The number of carbonyl (C=O) groups is 1. The van der Waals surface area contributed by atoms with E-state index in [0.29, 0.717) is 31.8 Å². The average Bonchev–Trinajstić information content (AvgIpc) is 2.72. The Hall–Kier alpha value is -1.86. The molecule has 0 saturated carbocycles. The number of thioether (sulfide) groups is 1. The van der Waals surface area contributed by atoms with Crippen molar-refractivity contribution in [3.63, 3.8) is 0 Å². The molecule has 1 aromatic heterocycles. The number of aromatic nitrogens is 1. The molecular weight excluding hydrogens is 382 g/mol. The molecule has 5 nitrogen and oxygen atoms in total. The molecule has 2 N–H and O–H groups in total. The summed E-state index contributed by atoms with van der Waals surface area (Å²) in [6, 6.07) is 13.8. The van der Waals surface area contributed by atoms with Crippen LogP contribution in [0, 0.1) is 0 Å². The SMILES string of the molecule is Cl.NCC1CN(C(=O)c2cccnc2SC/C=C/c2ccccc2)CCO1. The molecule has 2 aromatic rings. The van der Waals surface area contributed by atoms with Crippen LogP contribution in [-0.2, 0) is 4.74 Å². The molecule has 3 rings (SSSR count). The summed E-state index contributed by atoms with van der Waals surface area (Å²) >= 11 is 1.56. The minimum absolute atomic E-state index is 0. The molecule has 1 aliphatic rings. The van der Waals surface area contributed by atoms with Crippen molar-refractivity contribution in [1.82, 2.24) is 9.88 Å². The lowest BCUT2D eigenvalue weighted by atomic mass is 10.2. The van der Waals surface area contributed by atoms with Gasteiger partial charge in [0.05, 0.1) is 18.3 Å². The normalized spacial score (nSPS) is 16.9. The molecule has 27 heavy (non-hydrogen) atoms. The average molecular weight is 406 g/mol. The number of pyridine rings is 1. The van der Waals surface area contributed by atoms with Gasteiger partial charge in [-0.05, 0) is 17.7 Å². The molecule has 7 heteroatoms. The Labute approximate surface area is 170 Å². The van der Waals surface area contributed by atoms with Crippen LogP contribution in [0.25, 0.3) is 6.08 Å². The predicted molar refractivity (Wildman–Crippen MR) is 112 cm³/mol. The fraction of sp³-hybridized carbons (Fsp3) is 0.300. The van der Waals surface area contributed by atoms with Crippen LogP contribution in [0.2, 0.25) is 0 Å². The predicted octanol–water partition coefficient (Wildman–Crippen LogP) is 3.11. The van der Waals surface area contributed by atoms with Crippen LogP contribution in [0.5, 0.6) is 0 Å². The summed E-state index contributed by atoms with van der Waals surface area (Å²) in [6.45, 7) is 2.06. The summed E-state index contributed by atoms with van der Waals surface area (Å²) in [5.41, 5.74) is 7.48. The highest BCUT2D eigenvalue weighted by Crippen LogP contribution is 2.22. The Kier molecular flexibility index (Phi) is 8.81. The van der Waals surface area contributed by atoms with Crippen LogP contribution in [0.3, 0.4) is 0 Å². The summed E-state index contributed by atoms with van der Waals surface area (Å²) in [5.74, 6) is 0.746. The van der Waals surface area contributed by atoms with Crippen molar-refractivity contribution in [2.75, 3.05) is 32.0 Å². The smallest absolute Gasteiger partial charge is 0.256 e. The minimum Gasteiger partial charge on any atom is -0.373 e. The number of hydrogen-bond acceptors (Lipinski definition) is 5. The number of hydrogen-bond donors (Lipinski definition) is 1. The number of amides is 1. The van der Waals surface area contributed by atoms with E-state index >= 15 is 0 Å². The van der Waals surface area contributed by atoms with Crippen molar-refractivity contribution in [3.8, 4) is 0 Å². The van der Waals surface area contributed by atoms with Crippen LogP contribution >= 0.6 is 24.2 Å². The van der Waals surface area contributed by atoms with Crippen molar-refractivity contribution in [2.45, 2.75) is 11.1 Å². The number of rotatable bonds is 6. The summed E-state index contributed by atoms with van der Waals surface area (Å²) in [7, 11) is 0. The Balaban J connectivity index is 0.00000261. The van der Waals surface area contributed by atoms with Gasteiger partial charge >= 0.3 is 0 Å².